The number of rotatable bonds is 2. The van der Waals surface area contributed by atoms with Crippen LogP contribution in [0.4, 0.5) is 5.69 Å². The third-order valence-corrected chi connectivity index (χ3v) is 2.58. The van der Waals surface area contributed by atoms with E-state index in [1.165, 1.54) is 0 Å². The Morgan fingerprint density at radius 1 is 1.43 bits per heavy atom. The van der Waals surface area contributed by atoms with Crippen molar-refractivity contribution in [1.82, 2.24) is 0 Å². The molecule has 0 heterocycles. The molecule has 1 aromatic carbocycles. The van der Waals surface area contributed by atoms with E-state index < -0.39 is 0 Å². The highest BCUT2D eigenvalue weighted by Crippen LogP contribution is 2.24. The Labute approximate surface area is 83.0 Å². The van der Waals surface area contributed by atoms with E-state index in [0.29, 0.717) is 5.56 Å². The first-order valence-corrected chi connectivity index (χ1v) is 4.74. The number of nitriles is 1. The molecule has 3 heteroatoms. The fourth-order valence-corrected chi connectivity index (χ4v) is 1.54. The number of aliphatic hydroxyl groups is 1. The third kappa shape index (κ3) is 1.70. The van der Waals surface area contributed by atoms with Crippen molar-refractivity contribution in [2.24, 2.45) is 0 Å². The molecule has 0 spiro atoms. The van der Waals surface area contributed by atoms with Gasteiger partial charge in [-0.3, -0.25) is 0 Å². The van der Waals surface area contributed by atoms with Gasteiger partial charge in [0.2, 0.25) is 0 Å². The zero-order valence-electron chi connectivity index (χ0n) is 7.77. The first kappa shape index (κ1) is 9.04. The van der Waals surface area contributed by atoms with Crippen molar-refractivity contribution < 1.29 is 5.11 Å². The van der Waals surface area contributed by atoms with Crippen molar-refractivity contribution in [3.05, 3.63) is 29.8 Å². The summed E-state index contributed by atoms with van der Waals surface area (Å²) in [7, 11) is 0. The van der Waals surface area contributed by atoms with E-state index in [4.69, 9.17) is 5.26 Å². The molecule has 2 N–H and O–H groups in total. The van der Waals surface area contributed by atoms with E-state index in [1.54, 1.807) is 12.1 Å². The van der Waals surface area contributed by atoms with Crippen LogP contribution < -0.4 is 5.32 Å². The molecule has 0 bridgehead atoms. The van der Waals surface area contributed by atoms with Crippen LogP contribution in [0.25, 0.3) is 0 Å². The van der Waals surface area contributed by atoms with Gasteiger partial charge >= 0.3 is 0 Å². The van der Waals surface area contributed by atoms with E-state index in [-0.39, 0.29) is 12.1 Å². The molecule has 3 nitrogen and oxygen atoms in total. The van der Waals surface area contributed by atoms with Gasteiger partial charge in [0.25, 0.3) is 0 Å². The van der Waals surface area contributed by atoms with Crippen LogP contribution >= 0.6 is 0 Å². The first-order valence-electron chi connectivity index (χ1n) is 4.74. The lowest BCUT2D eigenvalue weighted by molar-refractivity contribution is 0.0786. The predicted molar refractivity (Wildman–Crippen MR) is 53.8 cm³/mol. The molecule has 0 aliphatic heterocycles. The summed E-state index contributed by atoms with van der Waals surface area (Å²) in [6.07, 6.45) is 1.63. The minimum Gasteiger partial charge on any atom is -0.391 e. The summed E-state index contributed by atoms with van der Waals surface area (Å²) in [5.41, 5.74) is 1.55. The lowest BCUT2D eigenvalue weighted by atomic mass is 9.89. The highest BCUT2D eigenvalue weighted by Gasteiger charge is 2.28. The Balaban J connectivity index is 2.06. The average Bonchev–Trinajstić information content (AvgIpc) is 2.24. The second kappa shape index (κ2) is 3.69. The Morgan fingerprint density at radius 2 is 2.29 bits per heavy atom. The highest BCUT2D eigenvalue weighted by atomic mass is 16.3. The number of nitrogens with zero attached hydrogens (tertiary/aromatic N) is 1. The fraction of sp³-hybridized carbons (Fsp3) is 0.364. The molecule has 2 rings (SSSR count). The number of hydrogen-bond acceptors (Lipinski definition) is 3. The Morgan fingerprint density at radius 3 is 2.86 bits per heavy atom. The molecule has 0 amide bonds. The summed E-state index contributed by atoms with van der Waals surface area (Å²) in [4.78, 5) is 0. The maximum absolute atomic E-state index is 9.37. The van der Waals surface area contributed by atoms with Gasteiger partial charge in [-0.15, -0.1) is 0 Å². The molecule has 72 valence electrons. The van der Waals surface area contributed by atoms with E-state index in [0.717, 1.165) is 18.5 Å². The largest absolute Gasteiger partial charge is 0.391 e. The molecule has 0 radical (unpaired) electrons. The molecule has 1 aliphatic rings. The van der Waals surface area contributed by atoms with Gasteiger partial charge in [0.05, 0.1) is 23.8 Å². The Hall–Kier alpha value is -1.53. The fourth-order valence-electron chi connectivity index (χ4n) is 1.54. The first-order chi connectivity index (χ1) is 6.79. The van der Waals surface area contributed by atoms with Crippen molar-refractivity contribution in [3.63, 3.8) is 0 Å². The number of benzene rings is 1. The van der Waals surface area contributed by atoms with Crippen LogP contribution in [-0.2, 0) is 0 Å². The monoisotopic (exact) mass is 188 g/mol. The highest BCUT2D eigenvalue weighted by molar-refractivity contribution is 5.50. The smallest absolute Gasteiger partial charge is 0.0992 e. The van der Waals surface area contributed by atoms with Gasteiger partial charge in [0, 0.05) is 5.69 Å². The molecule has 0 unspecified atom stereocenters. The minimum atomic E-state index is -0.235. The van der Waals surface area contributed by atoms with Gasteiger partial charge in [0.15, 0.2) is 0 Å². The van der Waals surface area contributed by atoms with Gasteiger partial charge < -0.3 is 10.4 Å². The molecule has 1 saturated carbocycles. The van der Waals surface area contributed by atoms with Gasteiger partial charge in [0.1, 0.15) is 0 Å². The molecular formula is C11H12N2O. The number of nitrogens with one attached hydrogen (secondary N) is 1. The number of hydrogen-bond donors (Lipinski definition) is 2. The van der Waals surface area contributed by atoms with E-state index in [9.17, 15) is 5.11 Å². The molecule has 0 aromatic heterocycles. The maximum Gasteiger partial charge on any atom is 0.0992 e. The van der Waals surface area contributed by atoms with Crippen LogP contribution in [-0.4, -0.2) is 17.3 Å². The topological polar surface area (TPSA) is 56.0 Å². The van der Waals surface area contributed by atoms with Crippen LogP contribution in [0.3, 0.4) is 0 Å². The van der Waals surface area contributed by atoms with Gasteiger partial charge in [-0.05, 0) is 31.0 Å². The zero-order valence-corrected chi connectivity index (χ0v) is 7.77. The summed E-state index contributed by atoms with van der Waals surface area (Å²) >= 11 is 0. The van der Waals surface area contributed by atoms with Crippen LogP contribution in [0.5, 0.6) is 0 Å². The van der Waals surface area contributed by atoms with Crippen LogP contribution in [0.1, 0.15) is 18.4 Å². The predicted octanol–water partition coefficient (Wildman–Crippen LogP) is 1.49. The van der Waals surface area contributed by atoms with E-state index in [2.05, 4.69) is 11.4 Å². The van der Waals surface area contributed by atoms with Gasteiger partial charge in [-0.25, -0.2) is 0 Å². The lowest BCUT2D eigenvalue weighted by Gasteiger charge is -2.33. The maximum atomic E-state index is 9.37. The van der Waals surface area contributed by atoms with E-state index >= 15 is 0 Å². The Kier molecular flexibility index (Phi) is 2.38. The van der Waals surface area contributed by atoms with Crippen LogP contribution in [0.15, 0.2) is 24.3 Å². The third-order valence-electron chi connectivity index (χ3n) is 2.58. The van der Waals surface area contributed by atoms with Crippen molar-refractivity contribution >= 4 is 5.69 Å². The average molecular weight is 188 g/mol. The molecule has 14 heavy (non-hydrogen) atoms. The summed E-state index contributed by atoms with van der Waals surface area (Å²) in [5.74, 6) is 0. The normalized spacial score (nSPS) is 24.9. The summed E-state index contributed by atoms with van der Waals surface area (Å²) in [5, 5.41) is 21.3. The Bertz CT molecular complexity index is 370. The standard InChI is InChI=1S/C11H12N2O/c12-7-8-2-1-3-9(6-8)13-10-4-5-11(10)14/h1-3,6,10-11,13-14H,4-5H2/t10-,11-/m0/s1. The van der Waals surface area contributed by atoms with Gasteiger partial charge in [-0.1, -0.05) is 6.07 Å². The SMILES string of the molecule is N#Cc1cccc(N[C@H]2CC[C@@H]2O)c1. The molecule has 0 saturated heterocycles. The van der Waals surface area contributed by atoms with E-state index in [1.807, 2.05) is 12.1 Å². The second-order valence-electron chi connectivity index (χ2n) is 3.59. The number of anilines is 1. The second-order valence-corrected chi connectivity index (χ2v) is 3.59. The molecule has 2 atom stereocenters. The zero-order chi connectivity index (χ0) is 9.97. The summed E-state index contributed by atoms with van der Waals surface area (Å²) in [6.45, 7) is 0. The minimum absolute atomic E-state index is 0.156. The van der Waals surface area contributed by atoms with Gasteiger partial charge in [-0.2, -0.15) is 5.26 Å². The molecule has 1 fully saturated rings. The molecular weight excluding hydrogens is 176 g/mol. The quantitative estimate of drug-likeness (QED) is 0.739. The number of aliphatic hydroxyl groups excluding tert-OH is 1. The van der Waals surface area contributed by atoms with Crippen molar-refractivity contribution in [2.75, 3.05) is 5.32 Å². The molecule has 1 aliphatic carbocycles. The van der Waals surface area contributed by atoms with Crippen LogP contribution in [0, 0.1) is 11.3 Å². The van der Waals surface area contributed by atoms with Crippen molar-refractivity contribution in [1.29, 1.82) is 5.26 Å². The molecule has 1 aromatic rings. The summed E-state index contributed by atoms with van der Waals surface area (Å²) in [6, 6.07) is 9.55. The summed E-state index contributed by atoms with van der Waals surface area (Å²) < 4.78 is 0. The van der Waals surface area contributed by atoms with Crippen molar-refractivity contribution in [2.45, 2.75) is 25.0 Å². The lowest BCUT2D eigenvalue weighted by Crippen LogP contribution is -2.42. The van der Waals surface area contributed by atoms with Crippen LogP contribution in [0.2, 0.25) is 0 Å². The van der Waals surface area contributed by atoms with Crippen molar-refractivity contribution in [3.8, 4) is 6.07 Å².